The summed E-state index contributed by atoms with van der Waals surface area (Å²) < 4.78 is 40.4. The number of hydrogen-bond acceptors (Lipinski definition) is 13. The smallest absolute Gasteiger partial charge is 0.338 e. The Morgan fingerprint density at radius 2 is 0.873 bits per heavy atom. The van der Waals surface area contributed by atoms with Crippen molar-refractivity contribution >= 4 is 29.8 Å². The maximum Gasteiger partial charge on any atom is 0.338 e. The fourth-order valence-corrected chi connectivity index (χ4v) is 8.76. The van der Waals surface area contributed by atoms with Gasteiger partial charge in [0.2, 0.25) is 5.75 Å². The van der Waals surface area contributed by atoms with Crippen LogP contribution in [-0.2, 0) is 38.1 Å². The second-order valence-electron chi connectivity index (χ2n) is 20.2. The van der Waals surface area contributed by atoms with Gasteiger partial charge in [-0.05, 0) is 90.9 Å². The van der Waals surface area contributed by atoms with Crippen LogP contribution < -0.4 is 14.2 Å². The molecular formula is C58H101NO12. The first-order valence-electron chi connectivity index (χ1n) is 28.1. The molecule has 0 atom stereocenters. The zero-order valence-corrected chi connectivity index (χ0v) is 46.4. The lowest BCUT2D eigenvalue weighted by Crippen LogP contribution is -2.39. The predicted molar refractivity (Wildman–Crippen MR) is 283 cm³/mol. The molecule has 0 amide bonds. The van der Waals surface area contributed by atoms with E-state index in [0.29, 0.717) is 6.42 Å². The summed E-state index contributed by atoms with van der Waals surface area (Å²) in [5.41, 5.74) is -1.45. The van der Waals surface area contributed by atoms with Crippen molar-refractivity contribution in [1.29, 1.82) is 0 Å². The minimum atomic E-state index is -1.60. The Hall–Kier alpha value is -3.87. The van der Waals surface area contributed by atoms with E-state index in [0.717, 1.165) is 109 Å². The highest BCUT2D eigenvalue weighted by atomic mass is 16.6. The first-order chi connectivity index (χ1) is 34.2. The number of nitrogens with zero attached hydrogens (tertiary/aromatic N) is 1. The summed E-state index contributed by atoms with van der Waals surface area (Å²) in [7, 11) is 6.60. The van der Waals surface area contributed by atoms with Gasteiger partial charge in [0.1, 0.15) is 17.8 Å². The number of carbonyl (C=O) groups excluding carboxylic acids is 5. The van der Waals surface area contributed by atoms with Gasteiger partial charge in [0.15, 0.2) is 11.5 Å². The van der Waals surface area contributed by atoms with Crippen LogP contribution in [0.3, 0.4) is 0 Å². The standard InChI is InChI=1S/C58H101NO12/c1-10-14-18-22-26-30-35-48(36-31-27-23-19-15-11-2)68-54(62)45-58(5,46-55(63)69-49(37-32-28-24-20-16-12-3)38-33-29-25-21-17-13-4)71-53(61)40-39-52(60)70-56-50(65-8)43-47(44-51(56)66-9)57(64)67-42-34-41-59(6)7/h43-44,48-49H,10-42,45-46H2,1-9H3. The predicted octanol–water partition coefficient (Wildman–Crippen LogP) is 14.4. The lowest BCUT2D eigenvalue weighted by atomic mass is 9.96. The SMILES string of the molecule is CCCCCCCCC(CCCCCCCC)OC(=O)CC(C)(CC(=O)OC(CCCCCCCC)CCCCCCCC)OC(=O)CCC(=O)Oc1c(OC)cc(C(=O)OCCCN(C)C)cc1OC. The number of unbranched alkanes of at least 4 members (excludes halogenated alkanes) is 20. The van der Waals surface area contributed by atoms with Gasteiger partial charge in [0.25, 0.3) is 0 Å². The quantitative estimate of drug-likeness (QED) is 0.0264. The highest BCUT2D eigenvalue weighted by Gasteiger charge is 2.37. The molecule has 0 bridgehead atoms. The lowest BCUT2D eigenvalue weighted by Gasteiger charge is -2.30. The summed E-state index contributed by atoms with van der Waals surface area (Å²) >= 11 is 0. The molecule has 0 spiro atoms. The minimum Gasteiger partial charge on any atom is -0.493 e. The highest BCUT2D eigenvalue weighted by Crippen LogP contribution is 2.39. The van der Waals surface area contributed by atoms with E-state index in [1.807, 2.05) is 19.0 Å². The van der Waals surface area contributed by atoms with Crippen LogP contribution in [0, 0.1) is 0 Å². The Kier molecular flexibility index (Phi) is 38.2. The van der Waals surface area contributed by atoms with Crippen molar-refractivity contribution in [1.82, 2.24) is 4.90 Å². The third-order valence-electron chi connectivity index (χ3n) is 12.9. The van der Waals surface area contributed by atoms with Gasteiger partial charge >= 0.3 is 29.8 Å². The van der Waals surface area contributed by atoms with Crippen LogP contribution in [0.25, 0.3) is 0 Å². The number of ether oxygens (including phenoxy) is 7. The summed E-state index contributed by atoms with van der Waals surface area (Å²) in [6.07, 6.45) is 28.7. The van der Waals surface area contributed by atoms with Crippen molar-refractivity contribution in [2.75, 3.05) is 41.5 Å². The molecule has 410 valence electrons. The lowest BCUT2D eigenvalue weighted by molar-refractivity contribution is -0.174. The van der Waals surface area contributed by atoms with Crippen LogP contribution in [-0.4, -0.2) is 94.0 Å². The van der Waals surface area contributed by atoms with Gasteiger partial charge in [-0.3, -0.25) is 19.2 Å². The third-order valence-corrected chi connectivity index (χ3v) is 12.9. The molecule has 71 heavy (non-hydrogen) atoms. The maximum atomic E-state index is 14.0. The van der Waals surface area contributed by atoms with Crippen molar-refractivity contribution in [3.8, 4) is 17.2 Å². The van der Waals surface area contributed by atoms with E-state index in [1.165, 1.54) is 103 Å². The van der Waals surface area contributed by atoms with Crippen molar-refractivity contribution in [2.24, 2.45) is 0 Å². The van der Waals surface area contributed by atoms with Gasteiger partial charge in [0.05, 0.1) is 52.1 Å². The molecule has 0 saturated heterocycles. The number of carbonyl (C=O) groups is 5. The van der Waals surface area contributed by atoms with Gasteiger partial charge in [-0.15, -0.1) is 0 Å². The topological polar surface area (TPSA) is 153 Å². The van der Waals surface area contributed by atoms with Gasteiger partial charge in [0, 0.05) is 6.54 Å². The molecule has 0 heterocycles. The van der Waals surface area contributed by atoms with E-state index in [4.69, 9.17) is 33.2 Å². The van der Waals surface area contributed by atoms with Crippen LogP contribution in [0.2, 0.25) is 0 Å². The van der Waals surface area contributed by atoms with Crippen LogP contribution >= 0.6 is 0 Å². The molecule has 13 nitrogen and oxygen atoms in total. The largest absolute Gasteiger partial charge is 0.493 e. The highest BCUT2D eigenvalue weighted by molar-refractivity contribution is 5.91. The van der Waals surface area contributed by atoms with Crippen molar-refractivity contribution in [3.63, 3.8) is 0 Å². The third kappa shape index (κ3) is 32.7. The van der Waals surface area contributed by atoms with Crippen LogP contribution in [0.1, 0.15) is 257 Å². The Morgan fingerprint density at radius 1 is 0.507 bits per heavy atom. The summed E-state index contributed by atoms with van der Waals surface area (Å²) in [5, 5.41) is 0. The van der Waals surface area contributed by atoms with Crippen molar-refractivity contribution in [3.05, 3.63) is 17.7 Å². The number of benzene rings is 1. The maximum absolute atomic E-state index is 14.0. The molecule has 0 fully saturated rings. The fourth-order valence-electron chi connectivity index (χ4n) is 8.76. The van der Waals surface area contributed by atoms with E-state index in [2.05, 4.69) is 27.7 Å². The Labute approximate surface area is 431 Å². The van der Waals surface area contributed by atoms with E-state index in [-0.39, 0.29) is 54.5 Å². The Morgan fingerprint density at radius 3 is 1.24 bits per heavy atom. The number of hydrogen-bond donors (Lipinski definition) is 0. The molecular weight excluding hydrogens is 903 g/mol. The molecule has 0 saturated carbocycles. The molecule has 0 N–H and O–H groups in total. The van der Waals surface area contributed by atoms with E-state index < -0.39 is 48.3 Å². The zero-order chi connectivity index (χ0) is 52.5. The number of rotatable bonds is 46. The van der Waals surface area contributed by atoms with E-state index in [9.17, 15) is 24.0 Å². The molecule has 0 aliphatic heterocycles. The Balaban J connectivity index is 3.28. The molecule has 13 heteroatoms. The van der Waals surface area contributed by atoms with Gasteiger partial charge in [-0.1, -0.05) is 156 Å². The summed E-state index contributed by atoms with van der Waals surface area (Å²) in [5.74, 6) is -3.20. The van der Waals surface area contributed by atoms with Crippen molar-refractivity contribution in [2.45, 2.75) is 264 Å². The van der Waals surface area contributed by atoms with Gasteiger partial charge < -0.3 is 38.1 Å². The molecule has 0 aliphatic rings. The van der Waals surface area contributed by atoms with Gasteiger partial charge in [-0.2, -0.15) is 0 Å². The van der Waals surface area contributed by atoms with Crippen molar-refractivity contribution < 1.29 is 57.1 Å². The first-order valence-corrected chi connectivity index (χ1v) is 28.1. The summed E-state index contributed by atoms with van der Waals surface area (Å²) in [4.78, 5) is 69.8. The molecule has 1 rings (SSSR count). The molecule has 1 aromatic rings. The van der Waals surface area contributed by atoms with Crippen LogP contribution in [0.5, 0.6) is 17.2 Å². The van der Waals surface area contributed by atoms with Crippen LogP contribution in [0.4, 0.5) is 0 Å². The Bertz CT molecular complexity index is 1470. The first kappa shape index (κ1) is 65.1. The fraction of sp³-hybridized carbons (Fsp3) is 0.810. The molecule has 0 aromatic heterocycles. The van der Waals surface area contributed by atoms with E-state index in [1.54, 1.807) is 6.92 Å². The summed E-state index contributed by atoms with van der Waals surface area (Å²) in [6, 6.07) is 2.80. The van der Waals surface area contributed by atoms with Crippen LogP contribution in [0.15, 0.2) is 12.1 Å². The molecule has 1 aromatic carbocycles. The average molecular weight is 1000 g/mol. The molecule has 0 radical (unpaired) electrons. The van der Waals surface area contributed by atoms with E-state index >= 15 is 0 Å². The molecule has 0 aliphatic carbocycles. The normalized spacial score (nSPS) is 11.5. The molecule has 0 unspecified atom stereocenters. The number of methoxy groups -OCH3 is 2. The van der Waals surface area contributed by atoms with Gasteiger partial charge in [-0.25, -0.2) is 4.79 Å². The summed E-state index contributed by atoms with van der Waals surface area (Å²) in [6.45, 7) is 11.3. The second kappa shape index (κ2) is 41.6. The number of esters is 5. The zero-order valence-electron chi connectivity index (χ0n) is 46.4. The minimum absolute atomic E-state index is 0.0581. The average Bonchev–Trinajstić information content (AvgIpc) is 3.33. The monoisotopic (exact) mass is 1000 g/mol. The second-order valence-corrected chi connectivity index (χ2v) is 20.2.